The lowest BCUT2D eigenvalue weighted by molar-refractivity contribution is -0.121. The molecule has 102 valence electrons. The summed E-state index contributed by atoms with van der Waals surface area (Å²) in [6, 6.07) is 12.1. The fourth-order valence-electron chi connectivity index (χ4n) is 2.28. The van der Waals surface area contributed by atoms with E-state index in [0.717, 1.165) is 5.76 Å². The highest BCUT2D eigenvalue weighted by atomic mass is 16.3. The Morgan fingerprint density at radius 3 is 2.65 bits per heavy atom. The van der Waals surface area contributed by atoms with Crippen LogP contribution in [0.5, 0.6) is 0 Å². The van der Waals surface area contributed by atoms with Crippen LogP contribution in [0.4, 0.5) is 5.69 Å². The highest BCUT2D eigenvalue weighted by Crippen LogP contribution is 2.22. The van der Waals surface area contributed by atoms with E-state index in [9.17, 15) is 9.59 Å². The summed E-state index contributed by atoms with van der Waals surface area (Å²) >= 11 is 0. The van der Waals surface area contributed by atoms with Crippen LogP contribution >= 0.6 is 0 Å². The van der Waals surface area contributed by atoms with Crippen LogP contribution in [-0.2, 0) is 16.1 Å². The lowest BCUT2D eigenvalue weighted by Gasteiger charge is -2.15. The summed E-state index contributed by atoms with van der Waals surface area (Å²) in [6.45, 7) is 0.430. The standard InChI is InChI=1S/C15H14N2O3/c18-14-9-13(16-10-12-7-4-8-20-12)15(19)17(14)11-5-2-1-3-6-11/h1-8,13,16H,9-10H2/t13-/m0/s1. The molecule has 5 nitrogen and oxygen atoms in total. The maximum absolute atomic E-state index is 12.3. The Hall–Kier alpha value is -2.40. The minimum absolute atomic E-state index is 0.175. The van der Waals surface area contributed by atoms with Crippen LogP contribution in [-0.4, -0.2) is 17.9 Å². The van der Waals surface area contributed by atoms with Crippen LogP contribution < -0.4 is 10.2 Å². The van der Waals surface area contributed by atoms with Gasteiger partial charge in [0.25, 0.3) is 5.91 Å². The number of imide groups is 1. The number of nitrogens with zero attached hydrogens (tertiary/aromatic N) is 1. The van der Waals surface area contributed by atoms with E-state index in [4.69, 9.17) is 4.42 Å². The molecule has 1 aromatic carbocycles. The third-order valence-electron chi connectivity index (χ3n) is 3.26. The van der Waals surface area contributed by atoms with E-state index in [-0.39, 0.29) is 18.2 Å². The number of anilines is 1. The molecule has 1 aliphatic heterocycles. The Kier molecular flexibility index (Phi) is 3.35. The van der Waals surface area contributed by atoms with Crippen LogP contribution in [0.2, 0.25) is 0 Å². The number of hydrogen-bond donors (Lipinski definition) is 1. The fraction of sp³-hybridized carbons (Fsp3) is 0.200. The fourth-order valence-corrected chi connectivity index (χ4v) is 2.28. The van der Waals surface area contributed by atoms with Crippen molar-refractivity contribution in [3.8, 4) is 0 Å². The van der Waals surface area contributed by atoms with Gasteiger partial charge in [0.1, 0.15) is 5.76 Å². The molecule has 5 heteroatoms. The molecule has 1 N–H and O–H groups in total. The largest absolute Gasteiger partial charge is 0.468 e. The minimum atomic E-state index is -0.493. The molecule has 0 saturated carbocycles. The summed E-state index contributed by atoms with van der Waals surface area (Å²) in [5.74, 6) is 0.342. The van der Waals surface area contributed by atoms with Crippen LogP contribution in [0.3, 0.4) is 0 Å². The molecular formula is C15H14N2O3. The maximum Gasteiger partial charge on any atom is 0.251 e. The average Bonchev–Trinajstić information content (AvgIpc) is 3.06. The van der Waals surface area contributed by atoms with E-state index in [0.29, 0.717) is 12.2 Å². The Bertz CT molecular complexity index is 607. The lowest BCUT2D eigenvalue weighted by Crippen LogP contribution is -2.38. The van der Waals surface area contributed by atoms with E-state index >= 15 is 0 Å². The van der Waals surface area contributed by atoms with Gasteiger partial charge in [0.2, 0.25) is 5.91 Å². The molecule has 2 amide bonds. The highest BCUT2D eigenvalue weighted by Gasteiger charge is 2.39. The molecule has 20 heavy (non-hydrogen) atoms. The third-order valence-corrected chi connectivity index (χ3v) is 3.26. The summed E-state index contributed by atoms with van der Waals surface area (Å²) in [4.78, 5) is 25.5. The molecule has 2 heterocycles. The number of carbonyl (C=O) groups is 2. The number of benzene rings is 1. The van der Waals surface area contributed by atoms with Crippen molar-refractivity contribution in [1.82, 2.24) is 5.32 Å². The first kappa shape index (κ1) is 12.6. The molecule has 0 spiro atoms. The first-order chi connectivity index (χ1) is 9.75. The van der Waals surface area contributed by atoms with Crippen molar-refractivity contribution >= 4 is 17.5 Å². The second-order valence-corrected chi connectivity index (χ2v) is 4.62. The van der Waals surface area contributed by atoms with Gasteiger partial charge in [0.05, 0.1) is 31.0 Å². The predicted octanol–water partition coefficient (Wildman–Crippen LogP) is 1.70. The maximum atomic E-state index is 12.3. The van der Waals surface area contributed by atoms with Gasteiger partial charge in [0.15, 0.2) is 0 Å². The summed E-state index contributed by atoms with van der Waals surface area (Å²) in [6.07, 6.45) is 1.75. The Morgan fingerprint density at radius 1 is 1.15 bits per heavy atom. The second kappa shape index (κ2) is 5.30. The van der Waals surface area contributed by atoms with E-state index in [2.05, 4.69) is 5.32 Å². The molecular weight excluding hydrogens is 256 g/mol. The first-order valence-electron chi connectivity index (χ1n) is 6.43. The van der Waals surface area contributed by atoms with Gasteiger partial charge in [-0.25, -0.2) is 4.90 Å². The number of nitrogens with one attached hydrogen (secondary N) is 1. The van der Waals surface area contributed by atoms with Crippen molar-refractivity contribution in [2.75, 3.05) is 4.90 Å². The monoisotopic (exact) mass is 270 g/mol. The Labute approximate surface area is 116 Å². The molecule has 0 aliphatic carbocycles. The molecule has 0 radical (unpaired) electrons. The number of amides is 2. The summed E-state index contributed by atoms with van der Waals surface area (Å²) in [5, 5.41) is 3.06. The van der Waals surface area contributed by atoms with Gasteiger partial charge in [-0.2, -0.15) is 0 Å². The number of para-hydroxylation sites is 1. The van der Waals surface area contributed by atoms with Crippen molar-refractivity contribution in [2.45, 2.75) is 19.0 Å². The van der Waals surface area contributed by atoms with Gasteiger partial charge < -0.3 is 4.42 Å². The van der Waals surface area contributed by atoms with Crippen molar-refractivity contribution < 1.29 is 14.0 Å². The second-order valence-electron chi connectivity index (χ2n) is 4.62. The Morgan fingerprint density at radius 2 is 1.95 bits per heavy atom. The number of rotatable bonds is 4. The van der Waals surface area contributed by atoms with Crippen LogP contribution in [0, 0.1) is 0 Å². The third kappa shape index (κ3) is 2.35. The summed E-state index contributed by atoms with van der Waals surface area (Å²) in [5.41, 5.74) is 0.616. The van der Waals surface area contributed by atoms with Crippen LogP contribution in [0.1, 0.15) is 12.2 Å². The van der Waals surface area contributed by atoms with Gasteiger partial charge >= 0.3 is 0 Å². The number of hydrogen-bond acceptors (Lipinski definition) is 4. The van der Waals surface area contributed by atoms with Crippen molar-refractivity contribution in [1.29, 1.82) is 0 Å². The number of carbonyl (C=O) groups excluding carboxylic acids is 2. The van der Waals surface area contributed by atoms with E-state index < -0.39 is 6.04 Å². The molecule has 3 rings (SSSR count). The summed E-state index contributed by atoms with van der Waals surface area (Å²) in [7, 11) is 0. The molecule has 1 fully saturated rings. The SMILES string of the molecule is O=C1C[C@H](NCc2ccco2)C(=O)N1c1ccccc1. The normalized spacial score (nSPS) is 18.8. The van der Waals surface area contributed by atoms with Crippen molar-refractivity contribution in [3.63, 3.8) is 0 Å². The lowest BCUT2D eigenvalue weighted by atomic mass is 10.2. The van der Waals surface area contributed by atoms with Gasteiger partial charge in [-0.05, 0) is 24.3 Å². The zero-order valence-corrected chi connectivity index (χ0v) is 10.8. The molecule has 1 atom stereocenters. The van der Waals surface area contributed by atoms with E-state index in [1.54, 1.807) is 36.6 Å². The van der Waals surface area contributed by atoms with Gasteiger partial charge in [-0.3, -0.25) is 14.9 Å². The first-order valence-corrected chi connectivity index (χ1v) is 6.43. The topological polar surface area (TPSA) is 62.6 Å². The molecule has 1 aliphatic rings. The quantitative estimate of drug-likeness (QED) is 0.859. The van der Waals surface area contributed by atoms with E-state index in [1.165, 1.54) is 4.90 Å². The molecule has 1 saturated heterocycles. The number of furan rings is 1. The van der Waals surface area contributed by atoms with Gasteiger partial charge in [-0.15, -0.1) is 0 Å². The molecule has 1 aromatic heterocycles. The Balaban J connectivity index is 1.70. The van der Waals surface area contributed by atoms with Gasteiger partial charge in [0, 0.05) is 0 Å². The average molecular weight is 270 g/mol. The van der Waals surface area contributed by atoms with Crippen LogP contribution in [0.25, 0.3) is 0 Å². The predicted molar refractivity (Wildman–Crippen MR) is 72.9 cm³/mol. The van der Waals surface area contributed by atoms with Gasteiger partial charge in [-0.1, -0.05) is 18.2 Å². The van der Waals surface area contributed by atoms with E-state index in [1.807, 2.05) is 12.1 Å². The molecule has 0 bridgehead atoms. The van der Waals surface area contributed by atoms with Crippen LogP contribution in [0.15, 0.2) is 53.1 Å². The molecule has 0 unspecified atom stereocenters. The minimum Gasteiger partial charge on any atom is -0.468 e. The zero-order valence-electron chi connectivity index (χ0n) is 10.8. The highest BCUT2D eigenvalue weighted by molar-refractivity contribution is 6.22. The molecule has 2 aromatic rings. The smallest absolute Gasteiger partial charge is 0.251 e. The van der Waals surface area contributed by atoms with Crippen molar-refractivity contribution in [2.24, 2.45) is 0 Å². The summed E-state index contributed by atoms with van der Waals surface area (Å²) < 4.78 is 5.19. The zero-order chi connectivity index (χ0) is 13.9. The van der Waals surface area contributed by atoms with Crippen molar-refractivity contribution in [3.05, 3.63) is 54.5 Å².